The van der Waals surface area contributed by atoms with Crippen LogP contribution in [0, 0.1) is 6.92 Å². The van der Waals surface area contributed by atoms with Crippen LogP contribution in [0.1, 0.15) is 41.5 Å². The van der Waals surface area contributed by atoms with Crippen LogP contribution in [0.4, 0.5) is 0 Å². The van der Waals surface area contributed by atoms with Crippen molar-refractivity contribution in [1.29, 1.82) is 0 Å². The molecule has 0 aliphatic heterocycles. The first-order valence-electron chi connectivity index (χ1n) is 8.50. The van der Waals surface area contributed by atoms with Gasteiger partial charge in [0.2, 0.25) is 5.89 Å². The lowest BCUT2D eigenvalue weighted by atomic mass is 9.87. The van der Waals surface area contributed by atoms with Crippen molar-refractivity contribution in [2.75, 3.05) is 7.05 Å². The zero-order valence-corrected chi connectivity index (χ0v) is 15.0. The first kappa shape index (κ1) is 15.6. The van der Waals surface area contributed by atoms with Gasteiger partial charge in [-0.3, -0.25) is 4.90 Å². The molecule has 2 heterocycles. The predicted molar refractivity (Wildman–Crippen MR) is 98.1 cm³/mol. The normalized spacial score (nSPS) is 17.2. The van der Waals surface area contributed by atoms with Crippen molar-refractivity contribution in [3.05, 3.63) is 64.4 Å². The summed E-state index contributed by atoms with van der Waals surface area (Å²) in [5.74, 6) is 1.67. The third-order valence-electron chi connectivity index (χ3n) is 4.89. The molecule has 1 aromatic carbocycles. The minimum Gasteiger partial charge on any atom is -0.440 e. The number of rotatable bonds is 4. The van der Waals surface area contributed by atoms with Gasteiger partial charge in [0.25, 0.3) is 0 Å². The first-order chi connectivity index (χ1) is 11.7. The number of aryl methyl sites for hydroxylation is 2. The highest BCUT2D eigenvalue weighted by molar-refractivity contribution is 7.13. The van der Waals surface area contributed by atoms with E-state index in [1.165, 1.54) is 30.4 Å². The van der Waals surface area contributed by atoms with E-state index in [0.29, 0.717) is 6.04 Å². The van der Waals surface area contributed by atoms with E-state index in [1.54, 1.807) is 11.3 Å². The number of fused-ring (bicyclic) bond motifs is 1. The van der Waals surface area contributed by atoms with Gasteiger partial charge in [0.05, 0.1) is 10.6 Å². The second-order valence-corrected chi connectivity index (χ2v) is 7.47. The summed E-state index contributed by atoms with van der Waals surface area (Å²) in [6.45, 7) is 2.84. The molecule has 2 aromatic heterocycles. The summed E-state index contributed by atoms with van der Waals surface area (Å²) in [4.78, 5) is 8.26. The maximum Gasteiger partial charge on any atom is 0.236 e. The Kier molecular flexibility index (Phi) is 4.25. The Morgan fingerprint density at radius 2 is 2.12 bits per heavy atom. The fourth-order valence-corrected chi connectivity index (χ4v) is 4.26. The lowest BCUT2D eigenvalue weighted by molar-refractivity contribution is 0.210. The van der Waals surface area contributed by atoms with E-state index in [9.17, 15) is 0 Å². The van der Waals surface area contributed by atoms with Crippen LogP contribution in [0.15, 0.2) is 46.2 Å². The Labute approximate surface area is 147 Å². The Bertz CT molecular complexity index is 822. The number of hydrogen-bond donors (Lipinski definition) is 0. The Hall–Kier alpha value is -1.91. The van der Waals surface area contributed by atoms with Gasteiger partial charge in [-0.15, -0.1) is 11.3 Å². The summed E-state index contributed by atoms with van der Waals surface area (Å²) in [5, 5.41) is 2.06. The molecule has 1 aliphatic carbocycles. The van der Waals surface area contributed by atoms with E-state index >= 15 is 0 Å². The number of hydrogen-bond acceptors (Lipinski definition) is 4. The minimum atomic E-state index is 0.469. The van der Waals surface area contributed by atoms with Crippen molar-refractivity contribution in [2.24, 2.45) is 0 Å². The molecule has 124 valence electrons. The van der Waals surface area contributed by atoms with Crippen LogP contribution < -0.4 is 0 Å². The monoisotopic (exact) mass is 338 g/mol. The highest BCUT2D eigenvalue weighted by Crippen LogP contribution is 2.35. The highest BCUT2D eigenvalue weighted by atomic mass is 32.1. The van der Waals surface area contributed by atoms with Crippen LogP contribution in [-0.4, -0.2) is 16.9 Å². The summed E-state index contributed by atoms with van der Waals surface area (Å²) in [5.41, 5.74) is 4.02. The average Bonchev–Trinajstić information content (AvgIpc) is 3.25. The van der Waals surface area contributed by atoms with Gasteiger partial charge < -0.3 is 4.42 Å². The third kappa shape index (κ3) is 2.92. The van der Waals surface area contributed by atoms with E-state index in [4.69, 9.17) is 9.40 Å². The number of aromatic nitrogens is 1. The zero-order chi connectivity index (χ0) is 16.5. The van der Waals surface area contributed by atoms with Crippen LogP contribution in [0.3, 0.4) is 0 Å². The summed E-state index contributed by atoms with van der Waals surface area (Å²) in [7, 11) is 2.20. The van der Waals surface area contributed by atoms with Gasteiger partial charge in [-0.2, -0.15) is 0 Å². The number of benzene rings is 1. The molecule has 4 heteroatoms. The quantitative estimate of drug-likeness (QED) is 0.653. The molecule has 0 unspecified atom stereocenters. The molecule has 3 aromatic rings. The van der Waals surface area contributed by atoms with E-state index in [2.05, 4.69) is 47.7 Å². The molecular formula is C20H22N2OS. The smallest absolute Gasteiger partial charge is 0.236 e. The standard InChI is InChI=1S/C20H22N2OS/c1-14-17(21-20(23-14)19-11-6-12-24-19)13-22(2)18-10-5-8-15-7-3-4-9-16(15)18/h3-4,6-7,9,11-12,18H,5,8,10,13H2,1-2H3/t18-/m1/s1. The minimum absolute atomic E-state index is 0.469. The molecule has 0 amide bonds. The van der Waals surface area contributed by atoms with Gasteiger partial charge in [0, 0.05) is 12.6 Å². The number of oxazole rings is 1. The molecule has 4 rings (SSSR count). The summed E-state index contributed by atoms with van der Waals surface area (Å²) < 4.78 is 5.89. The second kappa shape index (κ2) is 6.54. The molecule has 3 nitrogen and oxygen atoms in total. The third-order valence-corrected chi connectivity index (χ3v) is 5.75. The van der Waals surface area contributed by atoms with Gasteiger partial charge in [-0.05, 0) is 55.8 Å². The van der Waals surface area contributed by atoms with Crippen LogP contribution in [0.2, 0.25) is 0 Å². The average molecular weight is 338 g/mol. The SMILES string of the molecule is Cc1oc(-c2cccs2)nc1CN(C)[C@@H]1CCCc2ccccc21. The lowest BCUT2D eigenvalue weighted by Gasteiger charge is -2.33. The molecular weight excluding hydrogens is 316 g/mol. The molecule has 1 atom stereocenters. The van der Waals surface area contributed by atoms with Gasteiger partial charge in [0.15, 0.2) is 0 Å². The Morgan fingerprint density at radius 3 is 2.96 bits per heavy atom. The van der Waals surface area contributed by atoms with Gasteiger partial charge >= 0.3 is 0 Å². The first-order valence-corrected chi connectivity index (χ1v) is 9.38. The Morgan fingerprint density at radius 1 is 1.25 bits per heavy atom. The predicted octanol–water partition coefficient (Wildman–Crippen LogP) is 5.22. The van der Waals surface area contributed by atoms with Crippen LogP contribution in [0.5, 0.6) is 0 Å². The number of nitrogens with zero attached hydrogens (tertiary/aromatic N) is 2. The largest absolute Gasteiger partial charge is 0.440 e. The lowest BCUT2D eigenvalue weighted by Crippen LogP contribution is -2.27. The fourth-order valence-electron chi connectivity index (χ4n) is 3.61. The molecule has 1 aliphatic rings. The van der Waals surface area contributed by atoms with Crippen molar-refractivity contribution in [3.63, 3.8) is 0 Å². The Balaban J connectivity index is 1.56. The van der Waals surface area contributed by atoms with E-state index in [0.717, 1.165) is 28.8 Å². The topological polar surface area (TPSA) is 29.3 Å². The summed E-state index contributed by atoms with van der Waals surface area (Å²) in [6.07, 6.45) is 3.67. The van der Waals surface area contributed by atoms with Gasteiger partial charge in [0.1, 0.15) is 5.76 Å². The van der Waals surface area contributed by atoms with Gasteiger partial charge in [-0.1, -0.05) is 30.3 Å². The van der Waals surface area contributed by atoms with Crippen molar-refractivity contribution in [3.8, 4) is 10.8 Å². The molecule has 0 fully saturated rings. The maximum absolute atomic E-state index is 5.89. The van der Waals surface area contributed by atoms with Crippen LogP contribution in [0.25, 0.3) is 10.8 Å². The summed E-state index contributed by atoms with van der Waals surface area (Å²) >= 11 is 1.67. The zero-order valence-electron chi connectivity index (χ0n) is 14.2. The second-order valence-electron chi connectivity index (χ2n) is 6.52. The summed E-state index contributed by atoms with van der Waals surface area (Å²) in [6, 6.07) is 13.4. The van der Waals surface area contributed by atoms with E-state index in [1.807, 2.05) is 13.0 Å². The molecule has 0 bridgehead atoms. The van der Waals surface area contributed by atoms with Crippen molar-refractivity contribution < 1.29 is 4.42 Å². The molecule has 24 heavy (non-hydrogen) atoms. The molecule has 0 spiro atoms. The number of thiophene rings is 1. The van der Waals surface area contributed by atoms with Crippen molar-refractivity contribution >= 4 is 11.3 Å². The van der Waals surface area contributed by atoms with Crippen molar-refractivity contribution in [1.82, 2.24) is 9.88 Å². The molecule has 0 saturated carbocycles. The maximum atomic E-state index is 5.89. The van der Waals surface area contributed by atoms with E-state index < -0.39 is 0 Å². The van der Waals surface area contributed by atoms with E-state index in [-0.39, 0.29) is 0 Å². The molecule has 0 saturated heterocycles. The van der Waals surface area contributed by atoms with Crippen molar-refractivity contribution in [2.45, 2.75) is 38.8 Å². The fraction of sp³-hybridized carbons (Fsp3) is 0.350. The molecule has 0 radical (unpaired) electrons. The van der Waals surface area contributed by atoms with Crippen LogP contribution >= 0.6 is 11.3 Å². The highest BCUT2D eigenvalue weighted by Gasteiger charge is 2.25. The van der Waals surface area contributed by atoms with Gasteiger partial charge in [-0.25, -0.2) is 4.98 Å². The van der Waals surface area contributed by atoms with Crippen LogP contribution in [-0.2, 0) is 13.0 Å². The molecule has 0 N–H and O–H groups in total.